The predicted octanol–water partition coefficient (Wildman–Crippen LogP) is 13.9. The van der Waals surface area contributed by atoms with Crippen LogP contribution in [0.1, 0.15) is 156 Å². The summed E-state index contributed by atoms with van der Waals surface area (Å²) in [5.41, 5.74) is 11.4. The molecule has 0 saturated heterocycles. The Morgan fingerprint density at radius 3 is 1.15 bits per heavy atom. The molecule has 0 saturated carbocycles. The first kappa shape index (κ1) is 38.8. The molecule has 6 rings (SSSR count). The van der Waals surface area contributed by atoms with Crippen LogP contribution in [0.2, 0.25) is 0 Å². The van der Waals surface area contributed by atoms with Crippen LogP contribution in [0.4, 0.5) is 22.7 Å². The monoisotopic (exact) mass is 715 g/mol. The zero-order chi connectivity index (χ0) is 38.7. The average molecular weight is 715 g/mol. The lowest BCUT2D eigenvalue weighted by atomic mass is 9.79. The van der Waals surface area contributed by atoms with Gasteiger partial charge in [0.15, 0.2) is 11.5 Å². The predicted molar refractivity (Wildman–Crippen MR) is 226 cm³/mol. The summed E-state index contributed by atoms with van der Waals surface area (Å²) in [4.78, 5) is 4.86. The molecule has 0 atom stereocenters. The normalized spacial score (nSPS) is 15.4. The van der Waals surface area contributed by atoms with Crippen molar-refractivity contribution in [3.05, 3.63) is 106 Å². The lowest BCUT2D eigenvalue weighted by Crippen LogP contribution is -2.61. The fraction of sp³-hybridized carbons (Fsp3) is 0.510. The highest BCUT2D eigenvalue weighted by atomic mass is 16.8. The van der Waals surface area contributed by atoms with Gasteiger partial charge in [0.1, 0.15) is 0 Å². The lowest BCUT2D eigenvalue weighted by Gasteiger charge is -2.41. The third-order valence-electron chi connectivity index (χ3n) is 11.1. The Labute approximate surface area is 321 Å². The third kappa shape index (κ3) is 7.08. The van der Waals surface area contributed by atoms with Crippen molar-refractivity contribution in [3.8, 4) is 11.5 Å². The number of ether oxygens (including phenoxy) is 2. The number of para-hydroxylation sites is 2. The van der Waals surface area contributed by atoms with E-state index in [1.165, 1.54) is 33.4 Å². The highest BCUT2D eigenvalue weighted by molar-refractivity contribution is 5.87. The number of unbranched alkanes of at least 4 members (excludes halogenated alkanes) is 2. The van der Waals surface area contributed by atoms with Gasteiger partial charge in [-0.1, -0.05) is 158 Å². The van der Waals surface area contributed by atoms with Crippen LogP contribution >= 0.6 is 0 Å². The molecule has 0 N–H and O–H groups in total. The van der Waals surface area contributed by atoms with Gasteiger partial charge in [0.2, 0.25) is 0 Å². The van der Waals surface area contributed by atoms with Gasteiger partial charge in [-0.25, -0.2) is 9.80 Å². The maximum Gasteiger partial charge on any atom is 0.444 e. The summed E-state index contributed by atoms with van der Waals surface area (Å²) in [7, 11) is 0. The van der Waals surface area contributed by atoms with E-state index in [0.717, 1.165) is 72.8 Å². The minimum absolute atomic E-state index is 0.0782. The Bertz CT molecular complexity index is 1820. The van der Waals surface area contributed by atoms with E-state index >= 15 is 0 Å². The molecule has 2 aliphatic heterocycles. The molecular formula is C49H66N2O2. The molecule has 53 heavy (non-hydrogen) atoms. The molecule has 2 aliphatic rings. The van der Waals surface area contributed by atoms with Gasteiger partial charge in [-0.2, -0.15) is 0 Å². The van der Waals surface area contributed by atoms with Crippen molar-refractivity contribution in [2.24, 2.45) is 0 Å². The van der Waals surface area contributed by atoms with E-state index in [9.17, 15) is 0 Å². The van der Waals surface area contributed by atoms with Crippen LogP contribution in [0.25, 0.3) is 0 Å². The second kappa shape index (κ2) is 13.7. The highest BCUT2D eigenvalue weighted by Gasteiger charge is 2.62. The number of hydrogen-bond donors (Lipinski definition) is 0. The zero-order valence-electron chi connectivity index (χ0n) is 35.4. The van der Waals surface area contributed by atoms with Crippen molar-refractivity contribution < 1.29 is 9.47 Å². The standard InChI is InChI=1S/C49H66N2O2/c1-15-17-23-33-25-19-21-27-39(33)50-41-31-35(45(3,4)5)29-37(47(9,10)11)43(41)52-49(50)51(40-28-22-20-26-34(40)24-18-16-2)42-32-36(46(6,7)8)30-38(44(42)53-49)48(12,13)14/h19-22,25-32H,15-18,23-24H2,1-14H3. The molecule has 4 aromatic rings. The fourth-order valence-electron chi connectivity index (χ4n) is 7.81. The summed E-state index contributed by atoms with van der Waals surface area (Å²) < 4.78 is 15.5. The molecule has 0 bridgehead atoms. The van der Waals surface area contributed by atoms with Crippen molar-refractivity contribution in [2.45, 2.75) is 163 Å². The van der Waals surface area contributed by atoms with Crippen LogP contribution in [0.5, 0.6) is 11.5 Å². The number of fused-ring (bicyclic) bond motifs is 2. The number of rotatable bonds is 8. The zero-order valence-corrected chi connectivity index (χ0v) is 35.4. The smallest absolute Gasteiger partial charge is 0.415 e. The number of benzene rings is 4. The van der Waals surface area contributed by atoms with Crippen LogP contribution in [0.3, 0.4) is 0 Å². The summed E-state index contributed by atoms with van der Waals surface area (Å²) in [6.07, 6.45) is 6.40. The van der Waals surface area contributed by atoms with E-state index in [4.69, 9.17) is 9.47 Å². The first-order valence-corrected chi connectivity index (χ1v) is 20.2. The van der Waals surface area contributed by atoms with Crippen LogP contribution in [-0.2, 0) is 34.5 Å². The first-order valence-electron chi connectivity index (χ1n) is 20.2. The van der Waals surface area contributed by atoms with E-state index in [0.29, 0.717) is 0 Å². The molecule has 0 fully saturated rings. The maximum atomic E-state index is 7.74. The van der Waals surface area contributed by atoms with E-state index < -0.39 is 6.03 Å². The molecule has 1 spiro atoms. The minimum Gasteiger partial charge on any atom is -0.415 e. The summed E-state index contributed by atoms with van der Waals surface area (Å²) >= 11 is 0. The number of hydrogen-bond acceptors (Lipinski definition) is 4. The van der Waals surface area contributed by atoms with Gasteiger partial charge < -0.3 is 9.47 Å². The SMILES string of the molecule is CCCCc1ccccc1N1c2cc(C(C)(C)C)cc(C(C)(C)C)c2OC12Oc1c(cc(C(C)(C)C)cc1C(C)(C)C)N2c1ccccc1CCCC. The molecule has 0 aliphatic carbocycles. The number of aryl methyl sites for hydroxylation is 2. The van der Waals surface area contributed by atoms with Crippen molar-refractivity contribution in [1.29, 1.82) is 0 Å². The molecule has 284 valence electrons. The summed E-state index contributed by atoms with van der Waals surface area (Å²) in [6, 6.07) is 26.1. The average Bonchev–Trinajstić information content (AvgIpc) is 3.56. The lowest BCUT2D eigenvalue weighted by molar-refractivity contribution is -0.0737. The van der Waals surface area contributed by atoms with Gasteiger partial charge in [0, 0.05) is 11.1 Å². The molecule has 0 aromatic heterocycles. The van der Waals surface area contributed by atoms with Gasteiger partial charge in [-0.05, 0) is 93.9 Å². The third-order valence-corrected chi connectivity index (χ3v) is 11.1. The van der Waals surface area contributed by atoms with Crippen molar-refractivity contribution in [1.82, 2.24) is 0 Å². The minimum atomic E-state index is -1.36. The quantitative estimate of drug-likeness (QED) is 0.181. The van der Waals surface area contributed by atoms with Crippen LogP contribution in [0, 0.1) is 0 Å². The Hall–Kier alpha value is -3.92. The second-order valence-corrected chi connectivity index (χ2v) is 19.6. The van der Waals surface area contributed by atoms with E-state index in [-0.39, 0.29) is 21.7 Å². The molecular weight excluding hydrogens is 649 g/mol. The Morgan fingerprint density at radius 2 is 0.830 bits per heavy atom. The van der Waals surface area contributed by atoms with Gasteiger partial charge in [-0.3, -0.25) is 0 Å². The van der Waals surface area contributed by atoms with Crippen molar-refractivity contribution in [2.75, 3.05) is 9.80 Å². The molecule has 0 unspecified atom stereocenters. The molecule has 0 radical (unpaired) electrons. The van der Waals surface area contributed by atoms with Gasteiger partial charge in [-0.15, -0.1) is 0 Å². The summed E-state index contributed by atoms with van der Waals surface area (Å²) in [6.45, 7) is 32.3. The molecule has 2 heterocycles. The highest BCUT2D eigenvalue weighted by Crippen LogP contribution is 2.62. The van der Waals surface area contributed by atoms with E-state index in [1.54, 1.807) is 0 Å². The van der Waals surface area contributed by atoms with Crippen LogP contribution in [-0.4, -0.2) is 6.03 Å². The molecule has 0 amide bonds. The fourth-order valence-corrected chi connectivity index (χ4v) is 7.81. The Kier molecular flexibility index (Phi) is 10.1. The molecule has 4 nitrogen and oxygen atoms in total. The summed E-state index contributed by atoms with van der Waals surface area (Å²) in [5.74, 6) is 1.79. The first-order chi connectivity index (χ1) is 24.7. The van der Waals surface area contributed by atoms with Gasteiger partial charge >= 0.3 is 6.03 Å². The second-order valence-electron chi connectivity index (χ2n) is 19.6. The van der Waals surface area contributed by atoms with E-state index in [2.05, 4.69) is 180 Å². The number of anilines is 4. The Balaban J connectivity index is 1.79. The number of nitrogens with zero attached hydrogens (tertiary/aromatic N) is 2. The summed E-state index contributed by atoms with van der Waals surface area (Å²) in [5, 5.41) is 0. The maximum absolute atomic E-state index is 7.74. The van der Waals surface area contributed by atoms with Crippen molar-refractivity contribution in [3.63, 3.8) is 0 Å². The van der Waals surface area contributed by atoms with Gasteiger partial charge in [0.05, 0.1) is 22.7 Å². The van der Waals surface area contributed by atoms with Crippen LogP contribution in [0.15, 0.2) is 72.8 Å². The Morgan fingerprint density at radius 1 is 0.472 bits per heavy atom. The topological polar surface area (TPSA) is 24.9 Å². The molecule has 4 heteroatoms. The van der Waals surface area contributed by atoms with Crippen molar-refractivity contribution >= 4 is 22.7 Å². The largest absolute Gasteiger partial charge is 0.444 e. The molecule has 4 aromatic carbocycles. The van der Waals surface area contributed by atoms with Crippen LogP contribution < -0.4 is 19.3 Å². The van der Waals surface area contributed by atoms with Gasteiger partial charge in [0.25, 0.3) is 0 Å². The van der Waals surface area contributed by atoms with E-state index in [1.807, 2.05) is 0 Å².